The van der Waals surface area contributed by atoms with E-state index in [1.807, 2.05) is 13.0 Å². The molecule has 1 aromatic rings. The Balaban J connectivity index is 1.36. The highest BCUT2D eigenvalue weighted by Gasteiger charge is 2.58. The van der Waals surface area contributed by atoms with Crippen LogP contribution in [0.25, 0.3) is 0 Å². The summed E-state index contributed by atoms with van der Waals surface area (Å²) >= 11 is 0. The fraction of sp³-hybridized carbons (Fsp3) is 0.774. The second-order valence-electron chi connectivity index (χ2n) is 13.1. The number of aliphatic hydroxyl groups excluding tert-OH is 6. The van der Waals surface area contributed by atoms with E-state index in [9.17, 15) is 35.4 Å². The molecule has 5 rings (SSSR count). The van der Waals surface area contributed by atoms with Crippen molar-refractivity contribution in [2.75, 3.05) is 13.2 Å². The molecule has 1 aromatic heterocycles. The number of aryl methyl sites for hydroxylation is 1. The van der Waals surface area contributed by atoms with Gasteiger partial charge < -0.3 is 54.0 Å². The van der Waals surface area contributed by atoms with E-state index >= 15 is 0 Å². The number of carbonyl (C=O) groups excluding carboxylic acids is 1. The maximum Gasteiger partial charge on any atom is 0.314 e. The van der Waals surface area contributed by atoms with E-state index in [1.165, 1.54) is 11.1 Å². The minimum atomic E-state index is -1.69. The Kier molecular flexibility index (Phi) is 9.72. The van der Waals surface area contributed by atoms with Crippen molar-refractivity contribution in [1.82, 2.24) is 0 Å². The van der Waals surface area contributed by atoms with Crippen LogP contribution in [0.3, 0.4) is 0 Å². The summed E-state index contributed by atoms with van der Waals surface area (Å²) in [6.45, 7) is 5.31. The first kappa shape index (κ1) is 32.5. The Labute approximate surface area is 251 Å². The Morgan fingerprint density at radius 3 is 2.49 bits per heavy atom. The molecule has 2 saturated heterocycles. The highest BCUT2D eigenvalue weighted by atomic mass is 16.8. The monoisotopic (exact) mass is 610 g/mol. The molecular formula is C31H46O12. The van der Waals surface area contributed by atoms with Gasteiger partial charge in [0.2, 0.25) is 6.29 Å². The summed E-state index contributed by atoms with van der Waals surface area (Å²) in [5.41, 5.74) is 2.70. The first-order valence-electron chi connectivity index (χ1n) is 15.3. The van der Waals surface area contributed by atoms with Gasteiger partial charge in [0.1, 0.15) is 36.6 Å². The van der Waals surface area contributed by atoms with Crippen molar-refractivity contribution in [3.05, 3.63) is 35.3 Å². The molecule has 3 fully saturated rings. The van der Waals surface area contributed by atoms with Crippen molar-refractivity contribution < 1.29 is 58.8 Å². The molecule has 4 aliphatic rings. The van der Waals surface area contributed by atoms with Crippen LogP contribution in [0.1, 0.15) is 64.9 Å². The molecule has 0 unspecified atom stereocenters. The van der Waals surface area contributed by atoms with Crippen molar-refractivity contribution in [3.8, 4) is 0 Å². The number of rotatable bonds is 8. The third kappa shape index (κ3) is 6.06. The molecule has 0 radical (unpaired) electrons. The summed E-state index contributed by atoms with van der Waals surface area (Å²) in [5, 5.41) is 61.6. The maximum absolute atomic E-state index is 14.2. The van der Waals surface area contributed by atoms with Gasteiger partial charge in [-0.3, -0.25) is 4.79 Å². The van der Waals surface area contributed by atoms with Gasteiger partial charge in [-0.15, -0.1) is 0 Å². The fourth-order valence-corrected chi connectivity index (χ4v) is 7.91. The second-order valence-corrected chi connectivity index (χ2v) is 13.1. The molecule has 0 aromatic carbocycles. The van der Waals surface area contributed by atoms with Crippen LogP contribution < -0.4 is 0 Å². The lowest BCUT2D eigenvalue weighted by atomic mass is 9.49. The third-order valence-corrected chi connectivity index (χ3v) is 10.4. The van der Waals surface area contributed by atoms with Crippen molar-refractivity contribution in [2.24, 2.45) is 16.7 Å². The van der Waals surface area contributed by atoms with Gasteiger partial charge in [0.05, 0.1) is 31.2 Å². The third-order valence-electron chi connectivity index (χ3n) is 10.4. The maximum atomic E-state index is 14.2. The van der Waals surface area contributed by atoms with Gasteiger partial charge >= 0.3 is 5.97 Å². The SMILES string of the molecule is CC1=C(CCc2ccoc2)[C@@]2(C)CCC[C@](C)(C(=O)O[C@@H]3O[C@H](CO)[C@@H](O)[C@H](O)[C@H]3O[C@@H]3OC[C@@H](O)[C@H](O)[C@H]3O)[C@@H]2CC1. The van der Waals surface area contributed by atoms with Crippen molar-refractivity contribution in [3.63, 3.8) is 0 Å². The van der Waals surface area contributed by atoms with E-state index in [-0.39, 0.29) is 17.9 Å². The molecular weight excluding hydrogens is 564 g/mol. The topological polar surface area (TPSA) is 189 Å². The highest BCUT2D eigenvalue weighted by Crippen LogP contribution is 2.61. The number of furan rings is 1. The van der Waals surface area contributed by atoms with Gasteiger partial charge in [0.15, 0.2) is 12.4 Å². The van der Waals surface area contributed by atoms with Crippen molar-refractivity contribution >= 4 is 5.97 Å². The summed E-state index contributed by atoms with van der Waals surface area (Å²) in [6, 6.07) is 1.97. The smallest absolute Gasteiger partial charge is 0.314 e. The Hall–Kier alpha value is -1.87. The quantitative estimate of drug-likeness (QED) is 0.181. The minimum Gasteiger partial charge on any atom is -0.472 e. The van der Waals surface area contributed by atoms with E-state index in [1.54, 1.807) is 12.5 Å². The molecule has 12 heteroatoms. The Morgan fingerprint density at radius 1 is 1.02 bits per heavy atom. The van der Waals surface area contributed by atoms with Gasteiger partial charge in [-0.25, -0.2) is 0 Å². The zero-order valence-electron chi connectivity index (χ0n) is 25.0. The fourth-order valence-electron chi connectivity index (χ4n) is 7.91. The van der Waals surface area contributed by atoms with Crippen LogP contribution in [0, 0.1) is 16.7 Å². The van der Waals surface area contributed by atoms with E-state index in [0.29, 0.717) is 6.42 Å². The van der Waals surface area contributed by atoms with Crippen LogP contribution in [0.5, 0.6) is 0 Å². The molecule has 0 amide bonds. The molecule has 242 valence electrons. The summed E-state index contributed by atoms with van der Waals surface area (Å²) in [4.78, 5) is 14.2. The van der Waals surface area contributed by atoms with Crippen LogP contribution in [-0.4, -0.2) is 105 Å². The average molecular weight is 611 g/mol. The van der Waals surface area contributed by atoms with Gasteiger partial charge in [-0.05, 0) is 75.3 Å². The van der Waals surface area contributed by atoms with Gasteiger partial charge in [-0.2, -0.15) is 0 Å². The lowest BCUT2D eigenvalue weighted by molar-refractivity contribution is -0.352. The molecule has 6 N–H and O–H groups in total. The molecule has 0 spiro atoms. The van der Waals surface area contributed by atoms with E-state index < -0.39 is 73.3 Å². The molecule has 12 atom stereocenters. The molecule has 3 heterocycles. The second kappa shape index (κ2) is 12.9. The predicted molar refractivity (Wildman–Crippen MR) is 149 cm³/mol. The van der Waals surface area contributed by atoms with Crippen molar-refractivity contribution in [1.29, 1.82) is 0 Å². The van der Waals surface area contributed by atoms with Crippen LogP contribution in [0.4, 0.5) is 0 Å². The van der Waals surface area contributed by atoms with Gasteiger partial charge in [0.25, 0.3) is 0 Å². The Bertz CT molecular complexity index is 1140. The number of ether oxygens (including phenoxy) is 4. The highest BCUT2D eigenvalue weighted by molar-refractivity contribution is 5.77. The first-order valence-corrected chi connectivity index (χ1v) is 15.3. The van der Waals surface area contributed by atoms with E-state index in [0.717, 1.165) is 44.1 Å². The zero-order chi connectivity index (χ0) is 31.1. The predicted octanol–water partition coefficient (Wildman–Crippen LogP) is 0.942. The minimum absolute atomic E-state index is 0.0310. The van der Waals surface area contributed by atoms with Crippen LogP contribution >= 0.6 is 0 Å². The summed E-state index contributed by atoms with van der Waals surface area (Å²) in [5.74, 6) is -0.576. The van der Waals surface area contributed by atoms with Gasteiger partial charge in [-0.1, -0.05) is 24.5 Å². The normalized spacial score (nSPS) is 43.7. The molecule has 2 aliphatic carbocycles. The number of hydrogen-bond donors (Lipinski definition) is 6. The average Bonchev–Trinajstić information content (AvgIpc) is 3.50. The van der Waals surface area contributed by atoms with Crippen LogP contribution in [0.15, 0.2) is 34.2 Å². The number of fused-ring (bicyclic) bond motifs is 1. The number of allylic oxidation sites excluding steroid dienone is 2. The summed E-state index contributed by atoms with van der Waals surface area (Å²) < 4.78 is 28.0. The summed E-state index contributed by atoms with van der Waals surface area (Å²) in [7, 11) is 0. The van der Waals surface area contributed by atoms with Crippen molar-refractivity contribution in [2.45, 2.75) is 121 Å². The summed E-state index contributed by atoms with van der Waals surface area (Å²) in [6.07, 6.45) is -4.66. The molecule has 12 nitrogen and oxygen atoms in total. The van der Waals surface area contributed by atoms with Crippen LogP contribution in [-0.2, 0) is 30.2 Å². The van der Waals surface area contributed by atoms with E-state index in [4.69, 9.17) is 23.4 Å². The Morgan fingerprint density at radius 2 is 1.79 bits per heavy atom. The lowest BCUT2D eigenvalue weighted by Crippen LogP contribution is -2.64. The molecule has 0 bridgehead atoms. The van der Waals surface area contributed by atoms with E-state index in [2.05, 4.69) is 13.8 Å². The van der Waals surface area contributed by atoms with Crippen LogP contribution in [0.2, 0.25) is 0 Å². The number of aliphatic hydroxyl groups is 6. The standard InChI is InChI=1S/C31H46O12/c1-16-5-8-21-30(2,18(16)7-6-17-9-12-39-14-17)10-4-11-31(21,3)29(38)43-28-26(24(36)23(35)20(13-32)41-28)42-27-25(37)22(34)19(33)15-40-27/h9,12,14,19-28,32-37H,4-8,10-11,13,15H2,1-3H3/t19-,20-,21-,22+,23-,24+,25-,26-,27+,28+,30-,31+/m1/s1. The zero-order valence-corrected chi connectivity index (χ0v) is 25.0. The molecule has 1 saturated carbocycles. The largest absolute Gasteiger partial charge is 0.472 e. The lowest BCUT2D eigenvalue weighted by Gasteiger charge is -2.55. The molecule has 2 aliphatic heterocycles. The molecule has 43 heavy (non-hydrogen) atoms. The number of carbonyl (C=O) groups is 1. The van der Waals surface area contributed by atoms with Gasteiger partial charge in [0, 0.05) is 0 Å². The number of esters is 1. The first-order chi connectivity index (χ1) is 20.4. The number of hydrogen-bond acceptors (Lipinski definition) is 12.